The third-order valence-electron chi connectivity index (χ3n) is 2.93. The Balaban J connectivity index is 2.13. The number of nitrogens with two attached hydrogens (primary N) is 1. The maximum Gasteiger partial charge on any atom is 0.119 e. The maximum absolute atomic E-state index is 12.4. The summed E-state index contributed by atoms with van der Waals surface area (Å²) in [5.74, 6) is 1.13. The fourth-order valence-corrected chi connectivity index (χ4v) is 3.89. The second-order valence-electron chi connectivity index (χ2n) is 4.33. The van der Waals surface area contributed by atoms with Gasteiger partial charge >= 0.3 is 0 Å². The molecule has 0 spiro atoms. The van der Waals surface area contributed by atoms with Crippen LogP contribution in [-0.2, 0) is 10.8 Å². The van der Waals surface area contributed by atoms with Crippen LogP contribution < -0.4 is 10.5 Å². The molecule has 0 bridgehead atoms. The quantitative estimate of drug-likeness (QED) is 0.897. The van der Waals surface area contributed by atoms with Crippen LogP contribution in [0.3, 0.4) is 0 Å². The van der Waals surface area contributed by atoms with Crippen LogP contribution in [0.5, 0.6) is 5.75 Å². The third-order valence-corrected chi connectivity index (χ3v) is 5.40. The van der Waals surface area contributed by atoms with E-state index in [9.17, 15) is 4.21 Å². The Morgan fingerprint density at radius 1 is 1.25 bits per heavy atom. The van der Waals surface area contributed by atoms with Crippen LogP contribution in [0.2, 0.25) is 0 Å². The standard InChI is InChI=1S/C15H16BrNO2S/c1-19-12-6-4-5-11(9-12)14(17)10-20(18)15-8-3-2-7-13(15)16/h2-9,14H,10,17H2,1H3. The van der Waals surface area contributed by atoms with Crippen molar-refractivity contribution in [2.45, 2.75) is 10.9 Å². The van der Waals surface area contributed by atoms with Gasteiger partial charge in [-0.05, 0) is 45.8 Å². The molecule has 0 aliphatic heterocycles. The first kappa shape index (κ1) is 15.2. The first-order valence-corrected chi connectivity index (χ1v) is 8.25. The summed E-state index contributed by atoms with van der Waals surface area (Å²) in [4.78, 5) is 0.769. The normalized spacial score (nSPS) is 13.8. The van der Waals surface area contributed by atoms with Crippen molar-refractivity contribution in [3.8, 4) is 5.75 Å². The first-order valence-electron chi connectivity index (χ1n) is 6.14. The van der Waals surface area contributed by atoms with Gasteiger partial charge < -0.3 is 10.5 Å². The van der Waals surface area contributed by atoms with Gasteiger partial charge in [0, 0.05) is 16.3 Å². The zero-order chi connectivity index (χ0) is 14.5. The Morgan fingerprint density at radius 2 is 2.00 bits per heavy atom. The van der Waals surface area contributed by atoms with Crippen molar-refractivity contribution in [3.63, 3.8) is 0 Å². The second kappa shape index (κ2) is 7.02. The number of hydrogen-bond acceptors (Lipinski definition) is 3. The molecule has 2 aromatic rings. The van der Waals surface area contributed by atoms with Crippen LogP contribution in [-0.4, -0.2) is 17.1 Å². The lowest BCUT2D eigenvalue weighted by atomic mass is 10.1. The fourth-order valence-electron chi connectivity index (χ4n) is 1.85. The van der Waals surface area contributed by atoms with E-state index in [2.05, 4.69) is 15.9 Å². The van der Waals surface area contributed by atoms with E-state index < -0.39 is 10.8 Å². The molecule has 0 aromatic heterocycles. The van der Waals surface area contributed by atoms with E-state index in [0.29, 0.717) is 5.75 Å². The molecule has 5 heteroatoms. The molecule has 0 fully saturated rings. The highest BCUT2D eigenvalue weighted by molar-refractivity contribution is 9.10. The summed E-state index contributed by atoms with van der Waals surface area (Å²) in [5.41, 5.74) is 7.06. The first-order chi connectivity index (χ1) is 9.61. The van der Waals surface area contributed by atoms with E-state index in [1.165, 1.54) is 0 Å². The Morgan fingerprint density at radius 3 is 2.70 bits per heavy atom. The Hall–Kier alpha value is -1.17. The molecule has 2 rings (SSSR count). The monoisotopic (exact) mass is 353 g/mol. The molecule has 0 aliphatic rings. The maximum atomic E-state index is 12.4. The SMILES string of the molecule is COc1cccc(C(N)CS(=O)c2ccccc2Br)c1. The van der Waals surface area contributed by atoms with Gasteiger partial charge in [0.05, 0.1) is 22.8 Å². The highest BCUT2D eigenvalue weighted by atomic mass is 79.9. The Labute approximate surface area is 129 Å². The van der Waals surface area contributed by atoms with E-state index in [1.54, 1.807) is 7.11 Å². The van der Waals surface area contributed by atoms with Crippen LogP contribution in [0.1, 0.15) is 11.6 Å². The van der Waals surface area contributed by atoms with E-state index in [0.717, 1.165) is 20.7 Å². The van der Waals surface area contributed by atoms with Crippen LogP contribution in [0.25, 0.3) is 0 Å². The molecular weight excluding hydrogens is 338 g/mol. The van der Waals surface area contributed by atoms with Gasteiger partial charge in [-0.25, -0.2) is 0 Å². The molecule has 2 N–H and O–H groups in total. The average Bonchev–Trinajstić information content (AvgIpc) is 2.47. The number of ether oxygens (including phenoxy) is 1. The molecule has 0 radical (unpaired) electrons. The fraction of sp³-hybridized carbons (Fsp3) is 0.200. The van der Waals surface area contributed by atoms with Crippen LogP contribution in [0, 0.1) is 0 Å². The number of benzene rings is 2. The Bertz CT molecular complexity index is 618. The average molecular weight is 354 g/mol. The minimum atomic E-state index is -1.15. The largest absolute Gasteiger partial charge is 0.497 e. The van der Waals surface area contributed by atoms with Crippen LogP contribution in [0.4, 0.5) is 0 Å². The van der Waals surface area contributed by atoms with Crippen molar-refractivity contribution in [1.29, 1.82) is 0 Å². The molecule has 0 aliphatic carbocycles. The number of hydrogen-bond donors (Lipinski definition) is 1. The van der Waals surface area contributed by atoms with Crippen molar-refractivity contribution < 1.29 is 8.95 Å². The van der Waals surface area contributed by atoms with Crippen molar-refractivity contribution in [3.05, 3.63) is 58.6 Å². The van der Waals surface area contributed by atoms with Gasteiger partial charge in [0.2, 0.25) is 0 Å². The third kappa shape index (κ3) is 3.69. The van der Waals surface area contributed by atoms with Crippen molar-refractivity contribution in [2.24, 2.45) is 5.73 Å². The Kier molecular flexibility index (Phi) is 5.34. The molecule has 0 heterocycles. The summed E-state index contributed by atoms with van der Waals surface area (Å²) in [7, 11) is 0.468. The molecule has 2 unspecified atom stereocenters. The van der Waals surface area contributed by atoms with Crippen molar-refractivity contribution in [1.82, 2.24) is 0 Å². The van der Waals surface area contributed by atoms with Gasteiger partial charge in [-0.1, -0.05) is 24.3 Å². The summed E-state index contributed by atoms with van der Waals surface area (Å²) in [6.45, 7) is 0. The molecule has 106 valence electrons. The summed E-state index contributed by atoms with van der Waals surface area (Å²) in [6, 6.07) is 14.7. The molecule has 0 amide bonds. The highest BCUT2D eigenvalue weighted by Gasteiger charge is 2.14. The minimum absolute atomic E-state index is 0.293. The summed E-state index contributed by atoms with van der Waals surface area (Å²) < 4.78 is 18.4. The molecule has 0 saturated carbocycles. The van der Waals surface area contributed by atoms with Gasteiger partial charge in [-0.15, -0.1) is 0 Å². The number of halogens is 1. The number of methoxy groups -OCH3 is 1. The van der Waals surface area contributed by atoms with Gasteiger partial charge in [-0.3, -0.25) is 4.21 Å². The van der Waals surface area contributed by atoms with E-state index >= 15 is 0 Å². The smallest absolute Gasteiger partial charge is 0.119 e. The summed E-state index contributed by atoms with van der Waals surface area (Å²) >= 11 is 3.41. The highest BCUT2D eigenvalue weighted by Crippen LogP contribution is 2.23. The minimum Gasteiger partial charge on any atom is -0.497 e. The van der Waals surface area contributed by atoms with E-state index in [-0.39, 0.29) is 6.04 Å². The van der Waals surface area contributed by atoms with Gasteiger partial charge in [0.25, 0.3) is 0 Å². The van der Waals surface area contributed by atoms with Gasteiger partial charge in [0.15, 0.2) is 0 Å². The number of rotatable bonds is 5. The lowest BCUT2D eigenvalue weighted by Crippen LogP contribution is -2.18. The van der Waals surface area contributed by atoms with E-state index in [4.69, 9.17) is 10.5 Å². The zero-order valence-electron chi connectivity index (χ0n) is 11.1. The molecule has 2 atom stereocenters. The molecule has 3 nitrogen and oxygen atoms in total. The summed E-state index contributed by atoms with van der Waals surface area (Å²) in [6.07, 6.45) is 0. The van der Waals surface area contributed by atoms with E-state index in [1.807, 2.05) is 48.5 Å². The van der Waals surface area contributed by atoms with Crippen LogP contribution >= 0.6 is 15.9 Å². The lowest BCUT2D eigenvalue weighted by Gasteiger charge is -2.13. The van der Waals surface area contributed by atoms with Gasteiger partial charge in [-0.2, -0.15) is 0 Å². The molecule has 0 saturated heterocycles. The summed E-state index contributed by atoms with van der Waals surface area (Å²) in [5, 5.41) is 0. The molecule has 20 heavy (non-hydrogen) atoms. The van der Waals surface area contributed by atoms with Crippen molar-refractivity contribution in [2.75, 3.05) is 12.9 Å². The van der Waals surface area contributed by atoms with Gasteiger partial charge in [0.1, 0.15) is 5.75 Å². The van der Waals surface area contributed by atoms with Crippen molar-refractivity contribution >= 4 is 26.7 Å². The molecule has 2 aromatic carbocycles. The predicted octanol–water partition coefficient (Wildman–Crippen LogP) is 3.27. The second-order valence-corrected chi connectivity index (χ2v) is 6.64. The zero-order valence-corrected chi connectivity index (χ0v) is 13.5. The molecular formula is C15H16BrNO2S. The predicted molar refractivity (Wildman–Crippen MR) is 85.3 cm³/mol. The topological polar surface area (TPSA) is 52.3 Å². The van der Waals surface area contributed by atoms with Crippen LogP contribution in [0.15, 0.2) is 57.9 Å². The lowest BCUT2D eigenvalue weighted by molar-refractivity contribution is 0.414.